The van der Waals surface area contributed by atoms with E-state index in [2.05, 4.69) is 55.7 Å². The average molecular weight is 395 g/mol. The zero-order valence-corrected chi connectivity index (χ0v) is 17.8. The van der Waals surface area contributed by atoms with Gasteiger partial charge in [0.25, 0.3) is 0 Å². The predicted molar refractivity (Wildman–Crippen MR) is 113 cm³/mol. The van der Waals surface area contributed by atoms with Gasteiger partial charge in [0.05, 0.1) is 5.75 Å². The monoisotopic (exact) mass is 394 g/mol. The van der Waals surface area contributed by atoms with Crippen molar-refractivity contribution in [1.82, 2.24) is 14.9 Å². The van der Waals surface area contributed by atoms with Crippen LogP contribution in [0.1, 0.15) is 50.7 Å². The van der Waals surface area contributed by atoms with Gasteiger partial charge >= 0.3 is 0 Å². The van der Waals surface area contributed by atoms with Gasteiger partial charge in [-0.2, -0.15) is 0 Å². The van der Waals surface area contributed by atoms with E-state index < -0.39 is 10.0 Å². The fraction of sp³-hybridized carbons (Fsp3) is 0.650. The smallest absolute Gasteiger partial charge is 0.213 e. The predicted octanol–water partition coefficient (Wildman–Crippen LogP) is 2.47. The number of rotatable bonds is 7. The topological polar surface area (TPSA) is 73.8 Å². The molecule has 1 unspecified atom stereocenters. The minimum Gasteiger partial charge on any atom is -0.357 e. The number of nitrogens with zero attached hydrogens (tertiary/aromatic N) is 2. The van der Waals surface area contributed by atoms with E-state index in [1.54, 1.807) is 11.2 Å². The van der Waals surface area contributed by atoms with Crippen LogP contribution in [0.2, 0.25) is 0 Å². The first-order valence-electron chi connectivity index (χ1n) is 9.95. The molecule has 1 fully saturated rings. The van der Waals surface area contributed by atoms with E-state index in [1.165, 1.54) is 11.1 Å². The highest BCUT2D eigenvalue weighted by Gasteiger charge is 2.27. The van der Waals surface area contributed by atoms with Gasteiger partial charge in [0.15, 0.2) is 5.96 Å². The maximum Gasteiger partial charge on any atom is 0.213 e. The summed E-state index contributed by atoms with van der Waals surface area (Å²) in [6.45, 7) is 10.7. The van der Waals surface area contributed by atoms with E-state index >= 15 is 0 Å². The van der Waals surface area contributed by atoms with Crippen molar-refractivity contribution in [2.45, 2.75) is 52.5 Å². The maximum absolute atomic E-state index is 12.0. The Morgan fingerprint density at radius 2 is 1.85 bits per heavy atom. The summed E-state index contributed by atoms with van der Waals surface area (Å²) in [7, 11) is -3.08. The first-order valence-corrected chi connectivity index (χ1v) is 11.6. The summed E-state index contributed by atoms with van der Waals surface area (Å²) in [6, 6.07) is 8.86. The van der Waals surface area contributed by atoms with Gasteiger partial charge in [0, 0.05) is 38.1 Å². The molecule has 1 saturated heterocycles. The summed E-state index contributed by atoms with van der Waals surface area (Å²) >= 11 is 0. The number of hydrogen-bond donors (Lipinski definition) is 2. The molecule has 2 rings (SSSR count). The lowest BCUT2D eigenvalue weighted by molar-refractivity contribution is 0.306. The molecule has 0 aromatic heterocycles. The van der Waals surface area contributed by atoms with Crippen molar-refractivity contribution in [3.05, 3.63) is 35.4 Å². The number of guanidine groups is 1. The Bertz CT molecular complexity index is 708. The van der Waals surface area contributed by atoms with Gasteiger partial charge in [-0.05, 0) is 39.2 Å². The summed E-state index contributed by atoms with van der Waals surface area (Å²) in [6.07, 6.45) is 1.61. The Hall–Kier alpha value is -1.60. The molecule has 1 aromatic carbocycles. The van der Waals surface area contributed by atoms with Crippen molar-refractivity contribution in [2.75, 3.05) is 31.9 Å². The summed E-state index contributed by atoms with van der Waals surface area (Å²) in [5.41, 5.74) is 2.55. The number of sulfonamides is 1. The molecule has 27 heavy (non-hydrogen) atoms. The number of piperidine rings is 1. The number of hydrogen-bond acceptors (Lipinski definition) is 3. The minimum absolute atomic E-state index is 0.173. The Morgan fingerprint density at radius 1 is 1.22 bits per heavy atom. The zero-order chi connectivity index (χ0) is 19.9. The Morgan fingerprint density at radius 3 is 2.41 bits per heavy atom. The molecule has 0 aliphatic carbocycles. The molecule has 0 saturated carbocycles. The number of aliphatic imine (C=N–C) groups is 1. The average Bonchev–Trinajstić information content (AvgIpc) is 2.67. The lowest BCUT2D eigenvalue weighted by Gasteiger charge is -2.32. The summed E-state index contributed by atoms with van der Waals surface area (Å²) < 4.78 is 25.6. The SMILES string of the molecule is CCNC(=NCC(C)c1ccc(C)cc1)NC1CCN(S(=O)(=O)CC)CC1. The van der Waals surface area contributed by atoms with Gasteiger partial charge in [0.1, 0.15) is 0 Å². The third-order valence-corrected chi connectivity index (χ3v) is 6.95. The second-order valence-corrected chi connectivity index (χ2v) is 9.51. The molecular formula is C20H34N4O2S. The molecule has 0 bridgehead atoms. The van der Waals surface area contributed by atoms with Crippen LogP contribution >= 0.6 is 0 Å². The van der Waals surface area contributed by atoms with Crippen LogP contribution in [-0.4, -0.2) is 56.7 Å². The van der Waals surface area contributed by atoms with Gasteiger partial charge in [-0.3, -0.25) is 4.99 Å². The van der Waals surface area contributed by atoms with Crippen LogP contribution in [0.25, 0.3) is 0 Å². The van der Waals surface area contributed by atoms with Gasteiger partial charge in [-0.15, -0.1) is 0 Å². The third kappa shape index (κ3) is 6.50. The van der Waals surface area contributed by atoms with Crippen LogP contribution < -0.4 is 10.6 Å². The number of nitrogens with one attached hydrogen (secondary N) is 2. The van der Waals surface area contributed by atoms with Crippen molar-refractivity contribution >= 4 is 16.0 Å². The molecular weight excluding hydrogens is 360 g/mol. The van der Waals surface area contributed by atoms with Crippen LogP contribution in [0.15, 0.2) is 29.3 Å². The van der Waals surface area contributed by atoms with E-state index in [0.29, 0.717) is 25.6 Å². The van der Waals surface area contributed by atoms with Crippen LogP contribution in [0.4, 0.5) is 0 Å². The molecule has 2 N–H and O–H groups in total. The molecule has 7 heteroatoms. The van der Waals surface area contributed by atoms with Gasteiger partial charge in [-0.1, -0.05) is 36.8 Å². The van der Waals surface area contributed by atoms with E-state index in [4.69, 9.17) is 4.99 Å². The van der Waals surface area contributed by atoms with Gasteiger partial charge < -0.3 is 10.6 Å². The van der Waals surface area contributed by atoms with Crippen molar-refractivity contribution in [3.63, 3.8) is 0 Å². The Balaban J connectivity index is 1.91. The minimum atomic E-state index is -3.08. The van der Waals surface area contributed by atoms with E-state index in [1.807, 2.05) is 0 Å². The molecule has 152 valence electrons. The highest BCUT2D eigenvalue weighted by molar-refractivity contribution is 7.89. The molecule has 0 spiro atoms. The molecule has 1 atom stereocenters. The van der Waals surface area contributed by atoms with Crippen molar-refractivity contribution in [3.8, 4) is 0 Å². The van der Waals surface area contributed by atoms with Crippen LogP contribution in [0, 0.1) is 6.92 Å². The second-order valence-electron chi connectivity index (χ2n) is 7.25. The molecule has 1 heterocycles. The van der Waals surface area contributed by atoms with Crippen LogP contribution in [0.3, 0.4) is 0 Å². The molecule has 6 nitrogen and oxygen atoms in total. The third-order valence-electron chi connectivity index (χ3n) is 5.07. The highest BCUT2D eigenvalue weighted by Crippen LogP contribution is 2.17. The van der Waals surface area contributed by atoms with Gasteiger partial charge in [-0.25, -0.2) is 12.7 Å². The summed E-state index contributed by atoms with van der Waals surface area (Å²) in [5, 5.41) is 6.79. The zero-order valence-electron chi connectivity index (χ0n) is 17.0. The first-order chi connectivity index (χ1) is 12.9. The van der Waals surface area contributed by atoms with Gasteiger partial charge in [0.2, 0.25) is 10.0 Å². The van der Waals surface area contributed by atoms with E-state index in [0.717, 1.165) is 25.3 Å². The largest absolute Gasteiger partial charge is 0.357 e. The van der Waals surface area contributed by atoms with Crippen molar-refractivity contribution in [1.29, 1.82) is 0 Å². The summed E-state index contributed by atoms with van der Waals surface area (Å²) in [5.74, 6) is 1.33. The molecule has 1 aliphatic rings. The Labute approximate surface area is 164 Å². The Kier molecular flexibility index (Phi) is 8.10. The fourth-order valence-corrected chi connectivity index (χ4v) is 4.34. The lowest BCUT2D eigenvalue weighted by Crippen LogP contribution is -2.50. The number of benzene rings is 1. The number of aryl methyl sites for hydroxylation is 1. The normalized spacial score (nSPS) is 18.3. The van der Waals surface area contributed by atoms with E-state index in [9.17, 15) is 8.42 Å². The quantitative estimate of drug-likeness (QED) is 0.550. The maximum atomic E-state index is 12.0. The second kappa shape index (κ2) is 10.1. The lowest BCUT2D eigenvalue weighted by atomic mass is 10.0. The summed E-state index contributed by atoms with van der Waals surface area (Å²) in [4.78, 5) is 4.75. The molecule has 1 aromatic rings. The first kappa shape index (κ1) is 21.7. The van der Waals surface area contributed by atoms with E-state index in [-0.39, 0.29) is 11.8 Å². The van der Waals surface area contributed by atoms with Crippen LogP contribution in [0.5, 0.6) is 0 Å². The fourth-order valence-electron chi connectivity index (χ4n) is 3.20. The van der Waals surface area contributed by atoms with Crippen LogP contribution in [-0.2, 0) is 10.0 Å². The molecule has 1 aliphatic heterocycles. The highest BCUT2D eigenvalue weighted by atomic mass is 32.2. The van der Waals surface area contributed by atoms with Crippen molar-refractivity contribution < 1.29 is 8.42 Å². The van der Waals surface area contributed by atoms with Crippen molar-refractivity contribution in [2.24, 2.45) is 4.99 Å². The molecule has 0 amide bonds. The standard InChI is InChI=1S/C20H34N4O2S/c1-5-21-20(22-15-17(4)18-9-7-16(3)8-10-18)23-19-11-13-24(14-12-19)27(25,26)6-2/h7-10,17,19H,5-6,11-15H2,1-4H3,(H2,21,22,23). The molecule has 0 radical (unpaired) electrons.